The molecule has 0 atom stereocenters. The van der Waals surface area contributed by atoms with Gasteiger partial charge in [0, 0.05) is 23.3 Å². The molecule has 28 heavy (non-hydrogen) atoms. The normalized spacial score (nSPS) is 10.7. The molecule has 0 saturated heterocycles. The minimum Gasteiger partial charge on any atom is -0.277 e. The van der Waals surface area contributed by atoms with Crippen LogP contribution in [-0.2, 0) is 0 Å². The Kier molecular flexibility index (Phi) is 5.16. The summed E-state index contributed by atoms with van der Waals surface area (Å²) in [6.07, 6.45) is 2.85. The van der Waals surface area contributed by atoms with Crippen molar-refractivity contribution in [2.75, 3.05) is 0 Å². The zero-order valence-electron chi connectivity index (χ0n) is 14.1. The van der Waals surface area contributed by atoms with Crippen molar-refractivity contribution in [1.82, 2.24) is 15.6 Å². The highest BCUT2D eigenvalue weighted by atomic mass is 16.6. The van der Waals surface area contributed by atoms with Gasteiger partial charge in [0.1, 0.15) is 0 Å². The van der Waals surface area contributed by atoms with Gasteiger partial charge < -0.3 is 0 Å². The van der Waals surface area contributed by atoms with E-state index in [0.29, 0.717) is 11.3 Å². The van der Waals surface area contributed by atoms with Gasteiger partial charge in [0.15, 0.2) is 0 Å². The number of nitro benzene ring substituents is 2. The predicted molar refractivity (Wildman–Crippen MR) is 98.8 cm³/mol. The van der Waals surface area contributed by atoms with Crippen LogP contribution in [0.25, 0.3) is 11.3 Å². The molecule has 1 heterocycles. The Labute approximate surface area is 157 Å². The van der Waals surface area contributed by atoms with E-state index in [1.54, 1.807) is 0 Å². The maximum Gasteiger partial charge on any atom is 0.277 e. The molecule has 2 N–H and O–H groups in total. The topological polar surface area (TPSA) is 156 Å². The second-order valence-corrected chi connectivity index (χ2v) is 5.52. The number of hydrazone groups is 1. The van der Waals surface area contributed by atoms with Crippen molar-refractivity contribution in [2.24, 2.45) is 5.10 Å². The summed E-state index contributed by atoms with van der Waals surface area (Å²) in [6.45, 7) is 0. The lowest BCUT2D eigenvalue weighted by Gasteiger charge is -2.01. The second-order valence-electron chi connectivity index (χ2n) is 5.52. The molecule has 0 spiro atoms. The van der Waals surface area contributed by atoms with Gasteiger partial charge >= 0.3 is 0 Å². The first-order valence-electron chi connectivity index (χ1n) is 7.82. The highest BCUT2D eigenvalue weighted by molar-refractivity contribution is 5.96. The number of non-ortho nitro benzene ring substituents is 2. The summed E-state index contributed by atoms with van der Waals surface area (Å²) in [5, 5.41) is 32.4. The monoisotopic (exact) mass is 380 g/mol. The van der Waals surface area contributed by atoms with E-state index in [9.17, 15) is 25.0 Å². The van der Waals surface area contributed by atoms with Crippen LogP contribution in [0.1, 0.15) is 15.9 Å². The molecule has 0 aliphatic heterocycles. The third-order valence-electron chi connectivity index (χ3n) is 3.69. The summed E-state index contributed by atoms with van der Waals surface area (Å²) < 4.78 is 0. The number of aromatic nitrogens is 2. The van der Waals surface area contributed by atoms with Gasteiger partial charge in [-0.15, -0.1) is 0 Å². The fraction of sp³-hybridized carbons (Fsp3) is 0. The molecule has 0 bridgehead atoms. The van der Waals surface area contributed by atoms with Crippen LogP contribution in [0, 0.1) is 20.2 Å². The van der Waals surface area contributed by atoms with Gasteiger partial charge in [0.2, 0.25) is 0 Å². The number of nitrogens with one attached hydrogen (secondary N) is 2. The summed E-state index contributed by atoms with van der Waals surface area (Å²) >= 11 is 0. The van der Waals surface area contributed by atoms with Crippen LogP contribution in [0.15, 0.2) is 59.8 Å². The van der Waals surface area contributed by atoms with Gasteiger partial charge in [0.05, 0.1) is 39.6 Å². The Balaban J connectivity index is 1.79. The number of hydrogen-bond acceptors (Lipinski definition) is 7. The molecular weight excluding hydrogens is 368 g/mol. The van der Waals surface area contributed by atoms with E-state index in [4.69, 9.17) is 0 Å². The first kappa shape index (κ1) is 18.4. The lowest BCUT2D eigenvalue weighted by atomic mass is 10.1. The van der Waals surface area contributed by atoms with E-state index in [0.717, 1.165) is 23.8 Å². The first-order chi connectivity index (χ1) is 13.5. The molecule has 3 aromatic rings. The van der Waals surface area contributed by atoms with Crippen molar-refractivity contribution in [3.63, 3.8) is 0 Å². The fourth-order valence-corrected chi connectivity index (χ4v) is 2.39. The molecular formula is C17H12N6O5. The average molecular weight is 380 g/mol. The molecule has 11 nitrogen and oxygen atoms in total. The molecule has 1 aromatic heterocycles. The van der Waals surface area contributed by atoms with Crippen LogP contribution in [-0.4, -0.2) is 32.2 Å². The van der Waals surface area contributed by atoms with Crippen molar-refractivity contribution in [1.29, 1.82) is 0 Å². The molecule has 140 valence electrons. The maximum atomic E-state index is 12.2. The quantitative estimate of drug-likeness (QED) is 0.380. The Morgan fingerprint density at radius 1 is 1.07 bits per heavy atom. The number of carbonyl (C=O) groups excluding carboxylic acids is 1. The summed E-state index contributed by atoms with van der Waals surface area (Å²) in [5.41, 5.74) is 2.95. The highest BCUT2D eigenvalue weighted by Crippen LogP contribution is 2.23. The molecule has 0 saturated carbocycles. The van der Waals surface area contributed by atoms with Gasteiger partial charge in [-0.3, -0.25) is 30.1 Å². The predicted octanol–water partition coefficient (Wildman–Crippen LogP) is 2.66. The van der Waals surface area contributed by atoms with Crippen molar-refractivity contribution in [3.05, 3.63) is 86.1 Å². The largest absolute Gasteiger partial charge is 0.277 e. The van der Waals surface area contributed by atoms with Crippen molar-refractivity contribution < 1.29 is 14.6 Å². The standard InChI is InChI=1S/C17H12N6O5/c24-17(12-6-14(22(25)26)8-15(7-12)23(27)28)21-19-10-13-9-18-20-16(13)11-4-2-1-3-5-11/h1-10H,(H,18,20)(H,21,24)/b19-10+. The highest BCUT2D eigenvalue weighted by Gasteiger charge is 2.19. The smallest absolute Gasteiger partial charge is 0.277 e. The molecule has 0 aliphatic rings. The van der Waals surface area contributed by atoms with Gasteiger partial charge in [0.25, 0.3) is 17.3 Å². The minimum absolute atomic E-state index is 0.256. The first-order valence-corrected chi connectivity index (χ1v) is 7.82. The molecule has 3 rings (SSSR count). The average Bonchev–Trinajstić information content (AvgIpc) is 3.16. The number of amides is 1. The van der Waals surface area contributed by atoms with Crippen LogP contribution in [0.5, 0.6) is 0 Å². The number of rotatable bonds is 6. The number of aromatic amines is 1. The van der Waals surface area contributed by atoms with E-state index < -0.39 is 27.1 Å². The van der Waals surface area contributed by atoms with Gasteiger partial charge in [-0.25, -0.2) is 5.43 Å². The summed E-state index contributed by atoms with van der Waals surface area (Å²) in [7, 11) is 0. The Bertz CT molecular complexity index is 1040. The van der Waals surface area contributed by atoms with Gasteiger partial charge in [-0.05, 0) is 0 Å². The van der Waals surface area contributed by atoms with Crippen molar-refractivity contribution in [3.8, 4) is 11.3 Å². The van der Waals surface area contributed by atoms with Crippen LogP contribution < -0.4 is 5.43 Å². The summed E-state index contributed by atoms with van der Waals surface area (Å²) in [4.78, 5) is 32.4. The van der Waals surface area contributed by atoms with Crippen molar-refractivity contribution >= 4 is 23.5 Å². The molecule has 0 fully saturated rings. The maximum absolute atomic E-state index is 12.2. The lowest BCUT2D eigenvalue weighted by Crippen LogP contribution is -2.18. The number of hydrogen-bond donors (Lipinski definition) is 2. The third kappa shape index (κ3) is 4.04. The Morgan fingerprint density at radius 2 is 1.71 bits per heavy atom. The Hall–Kier alpha value is -4.41. The number of nitro groups is 2. The van der Waals surface area contributed by atoms with E-state index in [2.05, 4.69) is 20.7 Å². The van der Waals surface area contributed by atoms with Crippen molar-refractivity contribution in [2.45, 2.75) is 0 Å². The molecule has 1 amide bonds. The van der Waals surface area contributed by atoms with Crippen LogP contribution in [0.2, 0.25) is 0 Å². The molecule has 0 aliphatic carbocycles. The van der Waals surface area contributed by atoms with Crippen LogP contribution in [0.4, 0.5) is 11.4 Å². The van der Waals surface area contributed by atoms with E-state index >= 15 is 0 Å². The number of benzene rings is 2. The van der Waals surface area contributed by atoms with Gasteiger partial charge in [-0.2, -0.15) is 10.2 Å². The zero-order chi connectivity index (χ0) is 20.1. The minimum atomic E-state index is -0.826. The number of H-pyrrole nitrogens is 1. The Morgan fingerprint density at radius 3 is 2.32 bits per heavy atom. The molecule has 0 unspecified atom stereocenters. The van der Waals surface area contributed by atoms with Gasteiger partial charge in [-0.1, -0.05) is 30.3 Å². The summed E-state index contributed by atoms with van der Waals surface area (Å²) in [5.74, 6) is -0.826. The van der Waals surface area contributed by atoms with E-state index in [1.165, 1.54) is 12.4 Å². The van der Waals surface area contributed by atoms with E-state index in [1.807, 2.05) is 30.3 Å². The fourth-order valence-electron chi connectivity index (χ4n) is 2.39. The second kappa shape index (κ2) is 7.86. The number of nitrogens with zero attached hydrogens (tertiary/aromatic N) is 4. The lowest BCUT2D eigenvalue weighted by molar-refractivity contribution is -0.394. The van der Waals surface area contributed by atoms with E-state index in [-0.39, 0.29) is 5.56 Å². The third-order valence-corrected chi connectivity index (χ3v) is 3.69. The molecule has 11 heteroatoms. The van der Waals surface area contributed by atoms with Crippen LogP contribution in [0.3, 0.4) is 0 Å². The van der Waals surface area contributed by atoms with Crippen LogP contribution >= 0.6 is 0 Å². The molecule has 0 radical (unpaired) electrons. The SMILES string of the molecule is O=C(N/N=C/c1cn[nH]c1-c1ccccc1)c1cc([N+](=O)[O-])cc([N+](=O)[O-])c1. The summed E-state index contributed by atoms with van der Waals surface area (Å²) in [6, 6.07) is 12.0. The number of carbonyl (C=O) groups is 1. The zero-order valence-corrected chi connectivity index (χ0v) is 14.1. The molecule has 2 aromatic carbocycles.